The molecule has 1 saturated heterocycles. The molecule has 2 heterocycles. The number of aliphatic hydroxyl groups excluding tert-OH is 1. The summed E-state index contributed by atoms with van der Waals surface area (Å²) in [7, 11) is 0. The minimum Gasteiger partial charge on any atom is -0.461 e. The van der Waals surface area contributed by atoms with Gasteiger partial charge in [-0.15, -0.1) is 0 Å². The molecule has 2 aliphatic heterocycles. The quantitative estimate of drug-likeness (QED) is 0.139. The van der Waals surface area contributed by atoms with Gasteiger partial charge in [0.25, 0.3) is 0 Å². The van der Waals surface area contributed by atoms with Gasteiger partial charge in [0.15, 0.2) is 0 Å². The zero-order chi connectivity index (χ0) is 30.0. The molecular formula is C30H48N2O8. The summed E-state index contributed by atoms with van der Waals surface area (Å²) in [6.45, 7) is 12.8. The van der Waals surface area contributed by atoms with Crippen LogP contribution in [-0.2, 0) is 23.8 Å². The highest BCUT2D eigenvalue weighted by atomic mass is 16.6. The van der Waals surface area contributed by atoms with Gasteiger partial charge in [-0.2, -0.15) is 9.81 Å². The van der Waals surface area contributed by atoms with Crippen molar-refractivity contribution in [3.05, 3.63) is 34.1 Å². The van der Waals surface area contributed by atoms with E-state index in [2.05, 4.69) is 29.4 Å². The Morgan fingerprint density at radius 1 is 1.25 bits per heavy atom. The Morgan fingerprint density at radius 3 is 2.55 bits per heavy atom. The van der Waals surface area contributed by atoms with E-state index in [1.165, 1.54) is 6.92 Å². The number of carbonyl (C=O) groups excluding carboxylic acids is 2. The van der Waals surface area contributed by atoms with E-state index < -0.39 is 35.7 Å². The maximum atomic E-state index is 12.8. The second kappa shape index (κ2) is 15.5. The molecule has 0 aromatic carbocycles. The fourth-order valence-electron chi connectivity index (χ4n) is 5.47. The van der Waals surface area contributed by atoms with Crippen LogP contribution in [-0.4, -0.2) is 59.1 Å². The van der Waals surface area contributed by atoms with Crippen LogP contribution in [0.2, 0.25) is 0 Å². The van der Waals surface area contributed by atoms with Crippen molar-refractivity contribution in [1.82, 2.24) is 0 Å². The number of hydrogen-bond acceptors (Lipinski definition) is 10. The number of esters is 2. The minimum atomic E-state index is -1.31. The van der Waals surface area contributed by atoms with E-state index in [9.17, 15) is 24.5 Å². The van der Waals surface area contributed by atoms with E-state index in [1.54, 1.807) is 19.1 Å². The second-order valence-electron chi connectivity index (χ2n) is 12.0. The van der Waals surface area contributed by atoms with Gasteiger partial charge >= 0.3 is 11.9 Å². The van der Waals surface area contributed by atoms with Crippen LogP contribution in [0.25, 0.3) is 0 Å². The Kier molecular flexibility index (Phi) is 13.1. The van der Waals surface area contributed by atoms with E-state index in [0.29, 0.717) is 12.8 Å². The number of nitrogens with zero attached hydrogens (tertiary/aromatic N) is 2. The summed E-state index contributed by atoms with van der Waals surface area (Å²) in [5, 5.41) is 16.4. The molecule has 11 atom stereocenters. The van der Waals surface area contributed by atoms with Crippen molar-refractivity contribution in [2.75, 3.05) is 0 Å². The molecule has 40 heavy (non-hydrogen) atoms. The van der Waals surface area contributed by atoms with Gasteiger partial charge in [-0.25, -0.2) is 0 Å². The topological polar surface area (TPSA) is 144 Å². The summed E-state index contributed by atoms with van der Waals surface area (Å²) < 4.78 is 17.1. The van der Waals surface area contributed by atoms with Gasteiger partial charge in [-0.05, 0) is 56.9 Å². The molecule has 226 valence electrons. The molecule has 0 bridgehead atoms. The zero-order valence-electron chi connectivity index (χ0n) is 25.0. The molecule has 0 aliphatic carbocycles. The van der Waals surface area contributed by atoms with Gasteiger partial charge in [0.2, 0.25) is 0 Å². The Hall–Kier alpha value is -2.46. The van der Waals surface area contributed by atoms with Crippen molar-refractivity contribution in [2.24, 2.45) is 34.0 Å². The molecule has 0 aromatic rings. The monoisotopic (exact) mass is 564 g/mol. The number of cyclic esters (lactones) is 1. The van der Waals surface area contributed by atoms with Crippen LogP contribution in [0.4, 0.5) is 0 Å². The number of epoxide rings is 1. The minimum absolute atomic E-state index is 0.0648. The Bertz CT molecular complexity index is 923. The summed E-state index contributed by atoms with van der Waals surface area (Å²) >= 11 is 0. The molecule has 0 radical (unpaired) electrons. The zero-order valence-corrected chi connectivity index (χ0v) is 25.0. The van der Waals surface area contributed by atoms with Crippen LogP contribution in [0, 0.1) is 33.5 Å². The first-order valence-corrected chi connectivity index (χ1v) is 14.6. The molecule has 10 heteroatoms. The highest BCUT2D eigenvalue weighted by Gasteiger charge is 2.45. The molecule has 2 aliphatic rings. The van der Waals surface area contributed by atoms with E-state index in [0.717, 1.165) is 6.42 Å². The molecule has 1 N–H and O–H groups in total. The highest BCUT2D eigenvalue weighted by molar-refractivity contribution is 5.70. The van der Waals surface area contributed by atoms with E-state index in [1.807, 2.05) is 27.7 Å². The molecule has 1 fully saturated rings. The SMILES string of the molecule is CCC(O)C(C)C1OC1CC(C)/C=C/CC(C)C1OC(=O)CC(N=O)CCC(C)(N=O)C(OC(C)=O)/C=C/C1C. The van der Waals surface area contributed by atoms with Crippen molar-refractivity contribution in [2.45, 2.75) is 129 Å². The van der Waals surface area contributed by atoms with E-state index >= 15 is 0 Å². The van der Waals surface area contributed by atoms with Gasteiger partial charge < -0.3 is 19.3 Å². The van der Waals surface area contributed by atoms with Crippen LogP contribution in [0.15, 0.2) is 34.7 Å². The molecule has 0 aromatic heterocycles. The smallest absolute Gasteiger partial charge is 0.308 e. The van der Waals surface area contributed by atoms with Gasteiger partial charge in [0.1, 0.15) is 23.8 Å². The van der Waals surface area contributed by atoms with Gasteiger partial charge in [0, 0.05) is 18.8 Å². The molecule has 11 unspecified atom stereocenters. The lowest BCUT2D eigenvalue weighted by Gasteiger charge is -2.32. The van der Waals surface area contributed by atoms with Crippen LogP contribution in [0.3, 0.4) is 0 Å². The average Bonchev–Trinajstić information content (AvgIpc) is 3.68. The molecule has 2 rings (SSSR count). The summed E-state index contributed by atoms with van der Waals surface area (Å²) in [5.41, 5.74) is -1.31. The second-order valence-corrected chi connectivity index (χ2v) is 12.0. The fraction of sp³-hybridized carbons (Fsp3) is 0.800. The standard InChI is InChI=1S/C30H48N2O8/c1-8-24(34)21(5)29-25(39-29)16-18(2)10-9-11-19(3)28-20(4)12-13-26(38-22(6)33)30(7,32-37)15-14-23(31-36)17-27(35)40-28/h9-10,12-13,18-21,23-26,28-29,34H,8,11,14-17H2,1-7H3/b10-9+,13-12+. The Labute approximate surface area is 238 Å². The van der Waals surface area contributed by atoms with Crippen LogP contribution in [0.5, 0.6) is 0 Å². The van der Waals surface area contributed by atoms with Crippen molar-refractivity contribution in [3.63, 3.8) is 0 Å². The third-order valence-electron chi connectivity index (χ3n) is 8.33. The van der Waals surface area contributed by atoms with Gasteiger partial charge in [-0.3, -0.25) is 9.59 Å². The van der Waals surface area contributed by atoms with E-state index in [4.69, 9.17) is 14.2 Å². The summed E-state index contributed by atoms with van der Waals surface area (Å²) in [6.07, 6.45) is 8.39. The average molecular weight is 565 g/mol. The van der Waals surface area contributed by atoms with Crippen molar-refractivity contribution < 1.29 is 28.9 Å². The molecule has 0 amide bonds. The third kappa shape index (κ3) is 9.87. The lowest BCUT2D eigenvalue weighted by atomic mass is 9.85. The predicted molar refractivity (Wildman–Crippen MR) is 152 cm³/mol. The number of nitroso groups, excluding NO2 is 2. The summed E-state index contributed by atoms with van der Waals surface area (Å²) in [6, 6.07) is -0.878. The number of carbonyl (C=O) groups is 2. The van der Waals surface area contributed by atoms with Crippen LogP contribution >= 0.6 is 0 Å². The van der Waals surface area contributed by atoms with Gasteiger partial charge in [-0.1, -0.05) is 63.2 Å². The lowest BCUT2D eigenvalue weighted by Crippen LogP contribution is -2.41. The third-order valence-corrected chi connectivity index (χ3v) is 8.33. The normalized spacial score (nSPS) is 35.2. The fourth-order valence-corrected chi connectivity index (χ4v) is 5.47. The number of ether oxygens (including phenoxy) is 3. The lowest BCUT2D eigenvalue weighted by molar-refractivity contribution is -0.154. The van der Waals surface area contributed by atoms with Gasteiger partial charge in [0.05, 0.1) is 24.7 Å². The maximum absolute atomic E-state index is 12.8. The van der Waals surface area contributed by atoms with E-state index in [-0.39, 0.29) is 61.2 Å². The summed E-state index contributed by atoms with van der Waals surface area (Å²) in [4.78, 5) is 47.9. The highest BCUT2D eigenvalue weighted by Crippen LogP contribution is 2.37. The Morgan fingerprint density at radius 2 is 1.95 bits per heavy atom. The molecular weight excluding hydrogens is 516 g/mol. The first-order valence-electron chi connectivity index (χ1n) is 14.6. The summed E-state index contributed by atoms with van der Waals surface area (Å²) in [5.74, 6) is -1.01. The largest absolute Gasteiger partial charge is 0.461 e. The Balaban J connectivity index is 2.12. The first kappa shape index (κ1) is 33.7. The molecule has 0 saturated carbocycles. The van der Waals surface area contributed by atoms with Crippen molar-refractivity contribution in [3.8, 4) is 0 Å². The first-order chi connectivity index (χ1) is 18.8. The van der Waals surface area contributed by atoms with Crippen molar-refractivity contribution in [1.29, 1.82) is 0 Å². The molecule has 0 spiro atoms. The number of hydrogen-bond donors (Lipinski definition) is 1. The van der Waals surface area contributed by atoms with Crippen molar-refractivity contribution >= 4 is 11.9 Å². The number of allylic oxidation sites excluding steroid dienone is 2. The maximum Gasteiger partial charge on any atom is 0.308 e. The predicted octanol–water partition coefficient (Wildman–Crippen LogP) is 5.65. The molecule has 10 nitrogen and oxygen atoms in total. The van der Waals surface area contributed by atoms with Crippen LogP contribution < -0.4 is 0 Å². The van der Waals surface area contributed by atoms with Crippen LogP contribution in [0.1, 0.15) is 87.0 Å². The number of rotatable bonds is 12. The number of aliphatic hydroxyl groups is 1.